The number of ether oxygens (including phenoxy) is 1. The number of rotatable bonds is 5. The maximum absolute atomic E-state index is 14.0. The predicted molar refractivity (Wildman–Crippen MR) is 99.2 cm³/mol. The van der Waals surface area contributed by atoms with Crippen LogP contribution < -0.4 is 10.1 Å². The third kappa shape index (κ3) is 4.14. The Hall–Kier alpha value is -2.54. The Bertz CT molecular complexity index is 888. The van der Waals surface area contributed by atoms with Crippen LogP contribution in [0.1, 0.15) is 30.0 Å². The molecule has 1 N–H and O–H groups in total. The molecule has 7 heteroatoms. The molecule has 1 atom stereocenters. The monoisotopic (exact) mass is 390 g/mol. The van der Waals surface area contributed by atoms with E-state index in [4.69, 9.17) is 4.74 Å². The second-order valence-electron chi connectivity index (χ2n) is 7.32. The zero-order valence-electron chi connectivity index (χ0n) is 15.3. The van der Waals surface area contributed by atoms with Crippen molar-refractivity contribution >= 4 is 11.6 Å². The number of alkyl halides is 2. The van der Waals surface area contributed by atoms with Crippen LogP contribution in [-0.4, -0.2) is 36.4 Å². The fraction of sp³-hybridized carbons (Fsp3) is 0.381. The minimum atomic E-state index is -2.80. The number of halogens is 3. The van der Waals surface area contributed by atoms with Gasteiger partial charge in [0.15, 0.2) is 0 Å². The van der Waals surface area contributed by atoms with E-state index >= 15 is 0 Å². The lowest BCUT2D eigenvalue weighted by Gasteiger charge is -2.24. The molecule has 148 valence electrons. The van der Waals surface area contributed by atoms with E-state index in [-0.39, 0.29) is 25.5 Å². The average Bonchev–Trinajstić information content (AvgIpc) is 2.96. The molecule has 0 spiro atoms. The predicted octanol–water partition coefficient (Wildman–Crippen LogP) is 4.17. The van der Waals surface area contributed by atoms with Gasteiger partial charge in [-0.15, -0.1) is 0 Å². The second kappa shape index (κ2) is 7.47. The van der Waals surface area contributed by atoms with Gasteiger partial charge in [0.25, 0.3) is 5.92 Å². The summed E-state index contributed by atoms with van der Waals surface area (Å²) in [5, 5.41) is 2.81. The van der Waals surface area contributed by atoms with Crippen molar-refractivity contribution in [2.45, 2.75) is 31.2 Å². The number of nitrogens with one attached hydrogen (secondary N) is 1. The number of carbonyl (C=O) groups excluding carboxylic acids is 1. The van der Waals surface area contributed by atoms with Gasteiger partial charge in [0.05, 0.1) is 6.54 Å². The van der Waals surface area contributed by atoms with Crippen molar-refractivity contribution in [3.05, 3.63) is 59.4 Å². The highest BCUT2D eigenvalue weighted by atomic mass is 19.3. The molecule has 28 heavy (non-hydrogen) atoms. The largest absolute Gasteiger partial charge is 0.492 e. The Labute approximate surface area is 161 Å². The molecular weight excluding hydrogens is 369 g/mol. The second-order valence-corrected chi connectivity index (χ2v) is 7.32. The summed E-state index contributed by atoms with van der Waals surface area (Å²) in [7, 11) is 0. The third-order valence-corrected chi connectivity index (χ3v) is 5.22. The summed E-state index contributed by atoms with van der Waals surface area (Å²) < 4.78 is 47.3. The molecule has 2 aliphatic heterocycles. The maximum Gasteiger partial charge on any atom is 0.262 e. The van der Waals surface area contributed by atoms with Crippen molar-refractivity contribution in [3.63, 3.8) is 0 Å². The van der Waals surface area contributed by atoms with E-state index in [1.807, 2.05) is 6.07 Å². The first kappa shape index (κ1) is 18.8. The molecule has 0 radical (unpaired) electrons. The number of hydrogen-bond donors (Lipinski definition) is 1. The smallest absolute Gasteiger partial charge is 0.262 e. The molecule has 0 bridgehead atoms. The van der Waals surface area contributed by atoms with Crippen LogP contribution in [0.2, 0.25) is 0 Å². The number of likely N-dealkylation sites (tertiary alicyclic amines) is 1. The van der Waals surface area contributed by atoms with Gasteiger partial charge in [0.2, 0.25) is 5.91 Å². The van der Waals surface area contributed by atoms with E-state index in [2.05, 4.69) is 5.32 Å². The highest BCUT2D eigenvalue weighted by Gasteiger charge is 2.45. The number of hydrogen-bond acceptors (Lipinski definition) is 3. The van der Waals surface area contributed by atoms with Crippen LogP contribution in [0.3, 0.4) is 0 Å². The van der Waals surface area contributed by atoms with Crippen molar-refractivity contribution in [1.29, 1.82) is 0 Å². The normalized spacial score (nSPS) is 21.2. The molecule has 4 nitrogen and oxygen atoms in total. The van der Waals surface area contributed by atoms with E-state index < -0.39 is 17.8 Å². The zero-order valence-corrected chi connectivity index (χ0v) is 15.3. The van der Waals surface area contributed by atoms with Crippen LogP contribution in [0.15, 0.2) is 42.5 Å². The van der Waals surface area contributed by atoms with Crippen molar-refractivity contribution in [2.24, 2.45) is 0 Å². The Morgan fingerprint density at radius 3 is 2.86 bits per heavy atom. The SMILES string of the molecule is O=C1CCc2cc(OCCN3CC(F)(F)CC3c3cccc(F)c3)ccc2N1. The van der Waals surface area contributed by atoms with Crippen molar-refractivity contribution in [1.82, 2.24) is 4.90 Å². The Morgan fingerprint density at radius 2 is 2.04 bits per heavy atom. The van der Waals surface area contributed by atoms with Crippen molar-refractivity contribution in [2.75, 3.05) is 25.0 Å². The lowest BCUT2D eigenvalue weighted by atomic mass is 10.0. The first-order chi connectivity index (χ1) is 13.4. The van der Waals surface area contributed by atoms with E-state index in [1.54, 1.807) is 29.2 Å². The van der Waals surface area contributed by atoms with Gasteiger partial charge in [-0.2, -0.15) is 0 Å². The molecule has 0 aromatic heterocycles. The highest BCUT2D eigenvalue weighted by Crippen LogP contribution is 2.40. The summed E-state index contributed by atoms with van der Waals surface area (Å²) >= 11 is 0. The lowest BCUT2D eigenvalue weighted by Crippen LogP contribution is -2.30. The van der Waals surface area contributed by atoms with Crippen LogP contribution in [0, 0.1) is 5.82 Å². The molecule has 2 aromatic carbocycles. The minimum absolute atomic E-state index is 0.000444. The van der Waals surface area contributed by atoms with Crippen molar-refractivity contribution < 1.29 is 22.7 Å². The fourth-order valence-electron chi connectivity index (χ4n) is 3.89. The average molecular weight is 390 g/mol. The van der Waals surface area contributed by atoms with Crippen LogP contribution in [-0.2, 0) is 11.2 Å². The molecule has 4 rings (SSSR count). The van der Waals surface area contributed by atoms with Gasteiger partial charge in [0.1, 0.15) is 18.2 Å². The molecule has 1 fully saturated rings. The summed E-state index contributed by atoms with van der Waals surface area (Å²) in [6.07, 6.45) is 0.766. The van der Waals surface area contributed by atoms with Gasteiger partial charge < -0.3 is 10.1 Å². The zero-order chi connectivity index (χ0) is 19.7. The van der Waals surface area contributed by atoms with Crippen LogP contribution >= 0.6 is 0 Å². The van der Waals surface area contributed by atoms with Crippen LogP contribution in [0.4, 0.5) is 18.9 Å². The van der Waals surface area contributed by atoms with Gasteiger partial charge in [-0.05, 0) is 47.9 Å². The maximum atomic E-state index is 14.0. The number of benzene rings is 2. The topological polar surface area (TPSA) is 41.6 Å². The molecule has 2 aliphatic rings. The fourth-order valence-corrected chi connectivity index (χ4v) is 3.89. The molecule has 0 aliphatic carbocycles. The number of fused-ring (bicyclic) bond motifs is 1. The Balaban J connectivity index is 1.40. The first-order valence-electron chi connectivity index (χ1n) is 9.33. The van der Waals surface area contributed by atoms with Gasteiger partial charge in [-0.1, -0.05) is 12.1 Å². The summed E-state index contributed by atoms with van der Waals surface area (Å²) in [5.41, 5.74) is 2.35. The summed E-state index contributed by atoms with van der Waals surface area (Å²) in [4.78, 5) is 13.1. The number of anilines is 1. The standard InChI is InChI=1S/C21H21F3N2O2/c22-16-3-1-2-15(10-16)19-12-21(23,24)13-26(19)8-9-28-17-5-6-18-14(11-17)4-7-20(27)25-18/h1-3,5-6,10-11,19H,4,7-9,12-13H2,(H,25,27). The molecule has 0 saturated carbocycles. The quantitative estimate of drug-likeness (QED) is 0.833. The highest BCUT2D eigenvalue weighted by molar-refractivity contribution is 5.93. The Morgan fingerprint density at radius 1 is 1.18 bits per heavy atom. The summed E-state index contributed by atoms with van der Waals surface area (Å²) in [6, 6.07) is 10.7. The third-order valence-electron chi connectivity index (χ3n) is 5.22. The van der Waals surface area contributed by atoms with E-state index in [1.165, 1.54) is 12.1 Å². The first-order valence-corrected chi connectivity index (χ1v) is 9.33. The molecule has 2 heterocycles. The minimum Gasteiger partial charge on any atom is -0.492 e. The number of amides is 1. The van der Waals surface area contributed by atoms with Gasteiger partial charge in [-0.25, -0.2) is 13.2 Å². The molecule has 1 amide bonds. The number of carbonyl (C=O) groups is 1. The van der Waals surface area contributed by atoms with Gasteiger partial charge in [0, 0.05) is 31.1 Å². The molecule has 2 aromatic rings. The molecule has 1 unspecified atom stereocenters. The van der Waals surface area contributed by atoms with Gasteiger partial charge in [-0.3, -0.25) is 9.69 Å². The van der Waals surface area contributed by atoms with Gasteiger partial charge >= 0.3 is 0 Å². The Kier molecular flexibility index (Phi) is 5.02. The summed E-state index contributed by atoms with van der Waals surface area (Å²) in [5.74, 6) is -2.59. The van der Waals surface area contributed by atoms with Crippen LogP contribution in [0.5, 0.6) is 5.75 Å². The van der Waals surface area contributed by atoms with Crippen molar-refractivity contribution in [3.8, 4) is 5.75 Å². The van der Waals surface area contributed by atoms with E-state index in [9.17, 15) is 18.0 Å². The van der Waals surface area contributed by atoms with Crippen LogP contribution in [0.25, 0.3) is 0 Å². The molecular formula is C21H21F3N2O2. The number of nitrogens with zero attached hydrogens (tertiary/aromatic N) is 1. The lowest BCUT2D eigenvalue weighted by molar-refractivity contribution is -0.116. The van der Waals surface area contributed by atoms with E-state index in [0.29, 0.717) is 30.7 Å². The van der Waals surface area contributed by atoms with E-state index in [0.717, 1.165) is 11.3 Å². The number of aryl methyl sites for hydroxylation is 1. The molecule has 1 saturated heterocycles. The summed E-state index contributed by atoms with van der Waals surface area (Å²) in [6.45, 7) is 0.186.